The second-order valence-electron chi connectivity index (χ2n) is 3.14. The van der Waals surface area contributed by atoms with E-state index < -0.39 is 4.92 Å². The molecule has 0 aromatic carbocycles. The number of hydrazine groups is 1. The summed E-state index contributed by atoms with van der Waals surface area (Å²) in [5.74, 6) is 5.30. The van der Waals surface area contributed by atoms with E-state index in [1.807, 2.05) is 12.3 Å². The Morgan fingerprint density at radius 1 is 1.56 bits per heavy atom. The lowest BCUT2D eigenvalue weighted by atomic mass is 10.5. The second kappa shape index (κ2) is 5.25. The Morgan fingerprint density at radius 2 is 2.33 bits per heavy atom. The van der Waals surface area contributed by atoms with Crippen LogP contribution in [0.5, 0.6) is 0 Å². The van der Waals surface area contributed by atoms with Gasteiger partial charge in [0, 0.05) is 11.1 Å². The number of nitrogens with one attached hydrogen (secondary N) is 1. The fraction of sp³-hybridized carbons (Fsp3) is 0.125. The molecule has 0 radical (unpaired) electrons. The van der Waals surface area contributed by atoms with Crippen molar-refractivity contribution in [2.75, 3.05) is 5.43 Å². The Hall–Kier alpha value is -1.78. The Bertz CT molecular complexity index is 587. The van der Waals surface area contributed by atoms with Crippen molar-refractivity contribution < 1.29 is 4.92 Å². The monoisotopic (exact) mass is 284 g/mol. The minimum atomic E-state index is -0.539. The van der Waals surface area contributed by atoms with Crippen LogP contribution in [0.3, 0.4) is 0 Å². The molecule has 2 aromatic heterocycles. The molecule has 0 bridgehead atoms. The van der Waals surface area contributed by atoms with E-state index in [1.54, 1.807) is 0 Å². The maximum Gasteiger partial charge on any atom is 0.320 e. The molecule has 2 heterocycles. The van der Waals surface area contributed by atoms with E-state index in [0.29, 0.717) is 4.34 Å². The third-order valence-corrected chi connectivity index (χ3v) is 3.89. The van der Waals surface area contributed by atoms with Crippen molar-refractivity contribution in [3.63, 3.8) is 0 Å². The van der Waals surface area contributed by atoms with Crippen LogP contribution in [0.1, 0.15) is 5.69 Å². The van der Waals surface area contributed by atoms with Crippen molar-refractivity contribution in [1.29, 1.82) is 0 Å². The molecule has 0 spiro atoms. The topological polar surface area (TPSA) is 120 Å². The van der Waals surface area contributed by atoms with Gasteiger partial charge in [-0.2, -0.15) is 4.98 Å². The molecule has 0 aliphatic rings. The summed E-state index contributed by atoms with van der Waals surface area (Å²) in [5.41, 5.74) is 2.93. The quantitative estimate of drug-likeness (QED) is 0.376. The first kappa shape index (κ1) is 12.7. The van der Waals surface area contributed by atoms with Gasteiger partial charge in [-0.3, -0.25) is 15.5 Å². The molecular formula is C8H8N6O2S2. The van der Waals surface area contributed by atoms with E-state index >= 15 is 0 Å². The van der Waals surface area contributed by atoms with Gasteiger partial charge in [-0.05, 0) is 18.7 Å². The highest BCUT2D eigenvalue weighted by atomic mass is 32.2. The van der Waals surface area contributed by atoms with Crippen molar-refractivity contribution >= 4 is 34.7 Å². The summed E-state index contributed by atoms with van der Waals surface area (Å²) in [6, 6.07) is 0. The standard InChI is InChI=1S/C8H8N6O2S2/c1-4-3-17-8(11-4)18-6-5(14(15)16)2-10-7(12-6)13-9/h2-3H,9H2,1H3,(H,10,12,13). The van der Waals surface area contributed by atoms with Crippen LogP contribution >= 0.6 is 23.1 Å². The number of thiazole rings is 1. The zero-order chi connectivity index (χ0) is 13.1. The Labute approximate surface area is 110 Å². The Morgan fingerprint density at radius 3 is 2.89 bits per heavy atom. The summed E-state index contributed by atoms with van der Waals surface area (Å²) < 4.78 is 0.678. The molecule has 0 aliphatic heterocycles. The van der Waals surface area contributed by atoms with Crippen molar-refractivity contribution in [3.05, 3.63) is 27.4 Å². The number of nitrogens with two attached hydrogens (primary N) is 1. The summed E-state index contributed by atoms with van der Waals surface area (Å²) in [5, 5.41) is 12.9. The van der Waals surface area contributed by atoms with Gasteiger partial charge in [-0.15, -0.1) is 11.3 Å². The second-order valence-corrected chi connectivity index (χ2v) is 5.24. The Balaban J connectivity index is 2.37. The van der Waals surface area contributed by atoms with E-state index in [0.717, 1.165) is 23.7 Å². The first-order chi connectivity index (χ1) is 8.60. The van der Waals surface area contributed by atoms with Crippen LogP contribution in [0.4, 0.5) is 11.6 Å². The molecule has 0 saturated carbocycles. The summed E-state index contributed by atoms with van der Waals surface area (Å²) in [6.45, 7) is 1.85. The lowest BCUT2D eigenvalue weighted by Crippen LogP contribution is -2.11. The third-order valence-electron chi connectivity index (χ3n) is 1.84. The van der Waals surface area contributed by atoms with Crippen molar-refractivity contribution in [3.8, 4) is 0 Å². The van der Waals surface area contributed by atoms with E-state index in [9.17, 15) is 10.1 Å². The molecule has 0 amide bonds. The maximum absolute atomic E-state index is 10.9. The number of rotatable bonds is 4. The molecule has 0 atom stereocenters. The van der Waals surface area contributed by atoms with Gasteiger partial charge in [0.1, 0.15) is 6.20 Å². The fourth-order valence-electron chi connectivity index (χ4n) is 1.09. The predicted molar refractivity (Wildman–Crippen MR) is 67.5 cm³/mol. The van der Waals surface area contributed by atoms with Gasteiger partial charge in [0.05, 0.1) is 4.92 Å². The molecular weight excluding hydrogens is 276 g/mol. The molecule has 2 rings (SSSR count). The van der Waals surface area contributed by atoms with E-state index in [-0.39, 0.29) is 16.7 Å². The normalized spacial score (nSPS) is 10.3. The zero-order valence-electron chi connectivity index (χ0n) is 9.15. The largest absolute Gasteiger partial charge is 0.320 e. The van der Waals surface area contributed by atoms with Crippen LogP contribution in [0.25, 0.3) is 0 Å². The number of hydrogen-bond donors (Lipinski definition) is 2. The van der Waals surface area contributed by atoms with Gasteiger partial charge in [-0.25, -0.2) is 15.8 Å². The number of anilines is 1. The Kier molecular flexibility index (Phi) is 3.69. The first-order valence-electron chi connectivity index (χ1n) is 4.68. The number of nitrogens with zero attached hydrogens (tertiary/aromatic N) is 4. The maximum atomic E-state index is 10.9. The highest BCUT2D eigenvalue weighted by Crippen LogP contribution is 2.34. The number of hydrogen-bond acceptors (Lipinski definition) is 9. The molecule has 10 heteroatoms. The number of aromatic nitrogens is 3. The SMILES string of the molecule is Cc1csc(Sc2nc(NN)ncc2[N+](=O)[O-])n1. The molecule has 0 fully saturated rings. The molecule has 3 N–H and O–H groups in total. The van der Waals surface area contributed by atoms with E-state index in [1.165, 1.54) is 11.3 Å². The van der Waals surface area contributed by atoms with Crippen LogP contribution < -0.4 is 11.3 Å². The van der Waals surface area contributed by atoms with Crippen LogP contribution in [0, 0.1) is 17.0 Å². The fourth-order valence-corrected chi connectivity index (χ4v) is 2.91. The molecule has 0 unspecified atom stereocenters. The van der Waals surface area contributed by atoms with Crippen molar-refractivity contribution in [2.24, 2.45) is 5.84 Å². The van der Waals surface area contributed by atoms with Crippen LogP contribution in [0.2, 0.25) is 0 Å². The van der Waals surface area contributed by atoms with Gasteiger partial charge in [0.25, 0.3) is 0 Å². The third kappa shape index (κ3) is 2.72. The molecule has 8 nitrogen and oxygen atoms in total. The predicted octanol–water partition coefficient (Wildman–Crippen LogP) is 1.59. The van der Waals surface area contributed by atoms with E-state index in [4.69, 9.17) is 5.84 Å². The van der Waals surface area contributed by atoms with Crippen LogP contribution in [-0.2, 0) is 0 Å². The summed E-state index contributed by atoms with van der Waals surface area (Å²) in [6.07, 6.45) is 1.12. The first-order valence-corrected chi connectivity index (χ1v) is 6.38. The average molecular weight is 284 g/mol. The summed E-state index contributed by atoms with van der Waals surface area (Å²) in [7, 11) is 0. The van der Waals surface area contributed by atoms with Gasteiger partial charge in [0.15, 0.2) is 9.37 Å². The highest BCUT2D eigenvalue weighted by Gasteiger charge is 2.19. The number of nitro groups is 1. The lowest BCUT2D eigenvalue weighted by Gasteiger charge is -2.01. The van der Waals surface area contributed by atoms with Gasteiger partial charge < -0.3 is 0 Å². The smallest absolute Gasteiger partial charge is 0.292 e. The van der Waals surface area contributed by atoms with Gasteiger partial charge in [0.2, 0.25) is 5.95 Å². The lowest BCUT2D eigenvalue weighted by molar-refractivity contribution is -0.388. The number of aryl methyl sites for hydroxylation is 1. The molecule has 2 aromatic rings. The van der Waals surface area contributed by atoms with Crippen LogP contribution in [-0.4, -0.2) is 19.9 Å². The molecule has 94 valence electrons. The average Bonchev–Trinajstić information content (AvgIpc) is 2.74. The van der Waals surface area contributed by atoms with Crippen molar-refractivity contribution in [1.82, 2.24) is 15.0 Å². The summed E-state index contributed by atoms with van der Waals surface area (Å²) >= 11 is 2.51. The van der Waals surface area contributed by atoms with Gasteiger partial charge >= 0.3 is 5.69 Å². The molecule has 0 saturated heterocycles. The van der Waals surface area contributed by atoms with E-state index in [2.05, 4.69) is 20.4 Å². The number of nitrogen functional groups attached to an aromatic ring is 1. The van der Waals surface area contributed by atoms with Gasteiger partial charge in [-0.1, -0.05) is 0 Å². The molecule has 0 aliphatic carbocycles. The minimum Gasteiger partial charge on any atom is -0.292 e. The summed E-state index contributed by atoms with van der Waals surface area (Å²) in [4.78, 5) is 22.2. The van der Waals surface area contributed by atoms with Crippen molar-refractivity contribution in [2.45, 2.75) is 16.3 Å². The van der Waals surface area contributed by atoms with Crippen LogP contribution in [0.15, 0.2) is 20.9 Å². The molecule has 18 heavy (non-hydrogen) atoms. The minimum absolute atomic E-state index is 0.122. The zero-order valence-corrected chi connectivity index (χ0v) is 10.8. The highest BCUT2D eigenvalue weighted by molar-refractivity contribution is 8.01.